The zero-order valence-electron chi connectivity index (χ0n) is 11.8. The van der Waals surface area contributed by atoms with E-state index in [1.165, 1.54) is 0 Å². The van der Waals surface area contributed by atoms with Gasteiger partial charge in [0, 0.05) is 26.8 Å². The van der Waals surface area contributed by atoms with Crippen LogP contribution in [-0.2, 0) is 14.3 Å². The van der Waals surface area contributed by atoms with E-state index in [4.69, 9.17) is 9.47 Å². The highest BCUT2D eigenvalue weighted by atomic mass is 16.5. The van der Waals surface area contributed by atoms with Crippen molar-refractivity contribution in [1.82, 2.24) is 10.6 Å². The molecule has 0 saturated carbocycles. The summed E-state index contributed by atoms with van der Waals surface area (Å²) in [6, 6.07) is -0.174. The zero-order chi connectivity index (χ0) is 13.5. The van der Waals surface area contributed by atoms with Crippen LogP contribution >= 0.6 is 0 Å². The third-order valence-electron chi connectivity index (χ3n) is 3.07. The van der Waals surface area contributed by atoms with Gasteiger partial charge >= 0.3 is 0 Å². The molecule has 5 nitrogen and oxygen atoms in total. The average molecular weight is 246 g/mol. The first kappa shape index (κ1) is 16.4. The van der Waals surface area contributed by atoms with Gasteiger partial charge in [-0.1, -0.05) is 0 Å². The molecule has 2 atom stereocenters. The van der Waals surface area contributed by atoms with Crippen molar-refractivity contribution >= 4 is 5.91 Å². The predicted molar refractivity (Wildman–Crippen MR) is 68.0 cm³/mol. The van der Waals surface area contributed by atoms with Gasteiger partial charge in [-0.2, -0.15) is 0 Å². The average Bonchev–Trinajstić information content (AvgIpc) is 2.28. The summed E-state index contributed by atoms with van der Waals surface area (Å²) in [7, 11) is 3.28. The molecule has 1 amide bonds. The van der Waals surface area contributed by atoms with E-state index in [1.807, 2.05) is 27.7 Å². The number of carbonyl (C=O) groups excluding carboxylic acids is 1. The zero-order valence-corrected chi connectivity index (χ0v) is 11.8. The molecule has 0 aliphatic carbocycles. The molecule has 2 unspecified atom stereocenters. The largest absolute Gasteiger partial charge is 0.383 e. The van der Waals surface area contributed by atoms with Gasteiger partial charge < -0.3 is 20.1 Å². The van der Waals surface area contributed by atoms with Crippen molar-refractivity contribution in [2.45, 2.75) is 45.4 Å². The highest BCUT2D eigenvalue weighted by molar-refractivity contribution is 5.81. The molecule has 17 heavy (non-hydrogen) atoms. The second kappa shape index (κ2) is 7.63. The van der Waals surface area contributed by atoms with Gasteiger partial charge in [-0.15, -0.1) is 0 Å². The first-order valence-electron chi connectivity index (χ1n) is 5.93. The second-order valence-electron chi connectivity index (χ2n) is 4.70. The number of nitrogens with one attached hydrogen (secondary N) is 2. The topological polar surface area (TPSA) is 59.6 Å². The predicted octanol–water partition coefficient (Wildman–Crippen LogP) is 0.541. The van der Waals surface area contributed by atoms with Crippen molar-refractivity contribution in [3.63, 3.8) is 0 Å². The molecule has 2 N–H and O–H groups in total. The van der Waals surface area contributed by atoms with Gasteiger partial charge in [-0.05, 0) is 27.7 Å². The Morgan fingerprint density at radius 1 is 1.29 bits per heavy atom. The summed E-state index contributed by atoms with van der Waals surface area (Å²) in [5.41, 5.74) is -0.304. The van der Waals surface area contributed by atoms with E-state index >= 15 is 0 Å². The van der Waals surface area contributed by atoms with Crippen LogP contribution in [0.15, 0.2) is 0 Å². The molecule has 0 rings (SSSR count). The Kier molecular flexibility index (Phi) is 7.34. The Morgan fingerprint density at radius 2 is 1.88 bits per heavy atom. The molecule has 0 aromatic carbocycles. The molecule has 0 aromatic heterocycles. The molecular formula is C12H26N2O3. The van der Waals surface area contributed by atoms with E-state index < -0.39 is 0 Å². The van der Waals surface area contributed by atoms with Gasteiger partial charge in [-0.3, -0.25) is 4.79 Å². The molecule has 0 fully saturated rings. The molecule has 0 spiro atoms. The molecular weight excluding hydrogens is 220 g/mol. The number of hydrogen-bond acceptors (Lipinski definition) is 4. The number of rotatable bonds is 8. The first-order chi connectivity index (χ1) is 7.85. The van der Waals surface area contributed by atoms with Crippen LogP contribution in [0.3, 0.4) is 0 Å². The number of amides is 1. The lowest BCUT2D eigenvalue weighted by Gasteiger charge is -2.32. The molecule has 0 aliphatic heterocycles. The van der Waals surface area contributed by atoms with Crippen LogP contribution in [0.5, 0.6) is 0 Å². The minimum Gasteiger partial charge on any atom is -0.383 e. The summed E-state index contributed by atoms with van der Waals surface area (Å²) in [6.07, 6.45) is 0. The fraction of sp³-hybridized carbons (Fsp3) is 0.917. The molecule has 0 aromatic rings. The van der Waals surface area contributed by atoms with Crippen LogP contribution in [0.4, 0.5) is 0 Å². The number of methoxy groups -OCH3 is 2. The van der Waals surface area contributed by atoms with E-state index in [1.54, 1.807) is 14.2 Å². The van der Waals surface area contributed by atoms with Crippen LogP contribution < -0.4 is 10.6 Å². The summed E-state index contributed by atoms with van der Waals surface area (Å²) < 4.78 is 10.2. The summed E-state index contributed by atoms with van der Waals surface area (Å²) in [5, 5.41) is 6.01. The monoisotopic (exact) mass is 246 g/mol. The van der Waals surface area contributed by atoms with Crippen molar-refractivity contribution < 1.29 is 14.3 Å². The quantitative estimate of drug-likeness (QED) is 0.614. The second-order valence-corrected chi connectivity index (χ2v) is 4.70. The summed E-state index contributed by atoms with van der Waals surface area (Å²) in [5.74, 6) is -0.0270. The normalized spacial score (nSPS) is 15.4. The van der Waals surface area contributed by atoms with Crippen LogP contribution in [0, 0.1) is 0 Å². The highest BCUT2D eigenvalue weighted by Gasteiger charge is 2.27. The van der Waals surface area contributed by atoms with Crippen molar-refractivity contribution in [1.29, 1.82) is 0 Å². The van der Waals surface area contributed by atoms with Gasteiger partial charge in [-0.25, -0.2) is 0 Å². The summed E-state index contributed by atoms with van der Waals surface area (Å²) in [4.78, 5) is 11.7. The Hall–Kier alpha value is -0.650. The van der Waals surface area contributed by atoms with Crippen LogP contribution in [-0.4, -0.2) is 51.0 Å². The molecule has 0 saturated heterocycles. The number of carbonyl (C=O) groups is 1. The van der Waals surface area contributed by atoms with E-state index in [9.17, 15) is 4.79 Å². The fourth-order valence-corrected chi connectivity index (χ4v) is 1.26. The standard InChI is InChI=1S/C12H26N2O3/c1-9(11(15)13-7-8-16-5)14-10(2)12(3,4)17-6/h9-10,14H,7-8H2,1-6H3,(H,13,15). The van der Waals surface area contributed by atoms with E-state index in [-0.39, 0.29) is 23.6 Å². The van der Waals surface area contributed by atoms with Crippen molar-refractivity contribution in [2.75, 3.05) is 27.4 Å². The van der Waals surface area contributed by atoms with Gasteiger partial charge in [0.05, 0.1) is 18.2 Å². The molecule has 0 radical (unpaired) electrons. The van der Waals surface area contributed by atoms with Gasteiger partial charge in [0.15, 0.2) is 0 Å². The lowest BCUT2D eigenvalue weighted by Crippen LogP contribution is -2.53. The van der Waals surface area contributed by atoms with Gasteiger partial charge in [0.25, 0.3) is 0 Å². The summed E-state index contributed by atoms with van der Waals surface area (Å²) in [6.45, 7) is 8.87. The highest BCUT2D eigenvalue weighted by Crippen LogP contribution is 2.13. The summed E-state index contributed by atoms with van der Waals surface area (Å²) >= 11 is 0. The van der Waals surface area contributed by atoms with Crippen molar-refractivity contribution in [2.24, 2.45) is 0 Å². The Balaban J connectivity index is 4.07. The minimum atomic E-state index is -0.304. The Bertz CT molecular complexity index is 232. The van der Waals surface area contributed by atoms with Crippen molar-refractivity contribution in [3.05, 3.63) is 0 Å². The van der Waals surface area contributed by atoms with E-state index in [0.717, 1.165) is 0 Å². The maximum absolute atomic E-state index is 11.7. The molecule has 5 heteroatoms. The van der Waals surface area contributed by atoms with Crippen LogP contribution in [0.1, 0.15) is 27.7 Å². The van der Waals surface area contributed by atoms with Gasteiger partial charge in [0.2, 0.25) is 5.91 Å². The van der Waals surface area contributed by atoms with E-state index in [0.29, 0.717) is 13.2 Å². The third kappa shape index (κ3) is 6.00. The first-order valence-corrected chi connectivity index (χ1v) is 5.93. The lowest BCUT2D eigenvalue weighted by atomic mass is 9.99. The molecule has 0 aliphatic rings. The molecule has 0 bridgehead atoms. The maximum atomic E-state index is 11.7. The van der Waals surface area contributed by atoms with Gasteiger partial charge in [0.1, 0.15) is 0 Å². The minimum absolute atomic E-state index is 0.0270. The third-order valence-corrected chi connectivity index (χ3v) is 3.07. The lowest BCUT2D eigenvalue weighted by molar-refractivity contribution is -0.123. The van der Waals surface area contributed by atoms with Crippen molar-refractivity contribution in [3.8, 4) is 0 Å². The maximum Gasteiger partial charge on any atom is 0.236 e. The smallest absolute Gasteiger partial charge is 0.236 e. The van der Waals surface area contributed by atoms with Crippen LogP contribution in [0.2, 0.25) is 0 Å². The number of ether oxygens (including phenoxy) is 2. The number of hydrogen-bond donors (Lipinski definition) is 2. The van der Waals surface area contributed by atoms with E-state index in [2.05, 4.69) is 10.6 Å². The SMILES string of the molecule is COCCNC(=O)C(C)NC(C)C(C)(C)OC. The Labute approximate surface area is 104 Å². The van der Waals surface area contributed by atoms with Crippen LogP contribution in [0.25, 0.3) is 0 Å². The Morgan fingerprint density at radius 3 is 2.35 bits per heavy atom. The molecule has 102 valence electrons. The fourth-order valence-electron chi connectivity index (χ4n) is 1.26. The molecule has 0 heterocycles.